The predicted octanol–water partition coefficient (Wildman–Crippen LogP) is 2.72. The number of aromatic amines is 1. The number of rotatable bonds is 2. The molecule has 0 bridgehead atoms. The van der Waals surface area contributed by atoms with Crippen LogP contribution in [0.15, 0.2) is 42.7 Å². The smallest absolute Gasteiger partial charge is 0.219 e. The Morgan fingerprint density at radius 1 is 1.09 bits per heavy atom. The van der Waals surface area contributed by atoms with Gasteiger partial charge in [-0.15, -0.1) is 0 Å². The number of nitrogens with zero attached hydrogens (tertiary/aromatic N) is 4. The zero-order chi connectivity index (χ0) is 15.5. The summed E-state index contributed by atoms with van der Waals surface area (Å²) in [6.45, 7) is 0. The number of nitriles is 1. The minimum absolute atomic E-state index is 0.180. The highest BCUT2D eigenvalue weighted by Crippen LogP contribution is 2.24. The lowest BCUT2D eigenvalue weighted by molar-refractivity contribution is 1.11. The van der Waals surface area contributed by atoms with E-state index >= 15 is 0 Å². The topological polar surface area (TPSA) is 104 Å². The highest BCUT2D eigenvalue weighted by atomic mass is 32.1. The van der Waals surface area contributed by atoms with Gasteiger partial charge in [-0.25, -0.2) is 15.0 Å². The lowest BCUT2D eigenvalue weighted by Crippen LogP contribution is -2.00. The van der Waals surface area contributed by atoms with E-state index in [1.54, 1.807) is 12.4 Å². The van der Waals surface area contributed by atoms with Crippen molar-refractivity contribution in [3.63, 3.8) is 0 Å². The minimum Gasteiger partial charge on any atom is -0.368 e. The number of nitrogen functional groups attached to an aromatic ring is 1. The second-order valence-corrected chi connectivity index (χ2v) is 4.84. The molecule has 0 amide bonds. The molecule has 0 aliphatic rings. The van der Waals surface area contributed by atoms with Crippen LogP contribution < -0.4 is 5.73 Å². The predicted molar refractivity (Wildman–Crippen MR) is 85.0 cm³/mol. The van der Waals surface area contributed by atoms with Crippen molar-refractivity contribution in [2.75, 3.05) is 5.73 Å². The molecule has 0 fully saturated rings. The second-order valence-electron chi connectivity index (χ2n) is 4.45. The summed E-state index contributed by atoms with van der Waals surface area (Å²) in [7, 11) is 0. The van der Waals surface area contributed by atoms with Crippen molar-refractivity contribution in [1.82, 2.24) is 19.9 Å². The van der Waals surface area contributed by atoms with Crippen molar-refractivity contribution in [1.29, 1.82) is 5.26 Å². The quantitative estimate of drug-likeness (QED) is 0.705. The largest absolute Gasteiger partial charge is 0.368 e. The van der Waals surface area contributed by atoms with Crippen molar-refractivity contribution in [2.24, 2.45) is 0 Å². The van der Waals surface area contributed by atoms with Crippen molar-refractivity contribution < 1.29 is 0 Å². The normalized spacial score (nSPS) is 10.1. The molecule has 0 aliphatic heterocycles. The average molecular weight is 306 g/mol. The number of nitrogens with two attached hydrogens (primary N) is 1. The first-order valence-electron chi connectivity index (χ1n) is 6.37. The number of benzene rings is 1. The minimum atomic E-state index is 0.180. The summed E-state index contributed by atoms with van der Waals surface area (Å²) in [6, 6.07) is 11.6. The van der Waals surface area contributed by atoms with Crippen molar-refractivity contribution >= 4 is 18.2 Å². The Bertz CT molecular complexity index is 910. The van der Waals surface area contributed by atoms with Gasteiger partial charge in [-0.1, -0.05) is 42.5 Å². The van der Waals surface area contributed by atoms with E-state index < -0.39 is 0 Å². The van der Waals surface area contributed by atoms with E-state index in [0.29, 0.717) is 22.6 Å². The number of nitrogens with one attached hydrogen (secondary N) is 1. The maximum atomic E-state index is 9.34. The zero-order valence-corrected chi connectivity index (χ0v) is 12.1. The molecule has 0 saturated heterocycles. The second kappa shape index (κ2) is 5.71. The van der Waals surface area contributed by atoms with Gasteiger partial charge in [-0.2, -0.15) is 5.26 Å². The molecule has 7 heteroatoms. The Morgan fingerprint density at radius 2 is 1.77 bits per heavy atom. The number of hydrogen-bond donors (Lipinski definition) is 2. The molecule has 3 N–H and O–H groups in total. The fraction of sp³-hybridized carbons (Fsp3) is 0. The highest BCUT2D eigenvalue weighted by Gasteiger charge is 2.12. The van der Waals surface area contributed by atoms with Gasteiger partial charge in [0.1, 0.15) is 22.1 Å². The summed E-state index contributed by atoms with van der Waals surface area (Å²) < 4.78 is 0.229. The van der Waals surface area contributed by atoms with Crippen LogP contribution in [0.4, 0.5) is 5.95 Å². The van der Waals surface area contributed by atoms with Crippen LogP contribution in [-0.4, -0.2) is 19.9 Å². The van der Waals surface area contributed by atoms with Gasteiger partial charge in [-0.3, -0.25) is 0 Å². The van der Waals surface area contributed by atoms with Crippen LogP contribution in [0.5, 0.6) is 0 Å². The lowest BCUT2D eigenvalue weighted by atomic mass is 10.1. The average Bonchev–Trinajstić information content (AvgIpc) is 2.55. The van der Waals surface area contributed by atoms with Gasteiger partial charge in [0.25, 0.3) is 0 Å². The molecule has 0 saturated carbocycles. The molecule has 3 rings (SSSR count). The molecule has 0 spiro atoms. The molecule has 22 heavy (non-hydrogen) atoms. The summed E-state index contributed by atoms with van der Waals surface area (Å²) in [5, 5.41) is 9.34. The Labute approximate surface area is 131 Å². The molecule has 2 heterocycles. The first kappa shape index (κ1) is 13.9. The van der Waals surface area contributed by atoms with Gasteiger partial charge in [-0.05, 0) is 5.56 Å². The highest BCUT2D eigenvalue weighted by molar-refractivity contribution is 7.71. The van der Waals surface area contributed by atoms with E-state index in [4.69, 9.17) is 18.0 Å². The van der Waals surface area contributed by atoms with E-state index in [0.717, 1.165) is 5.56 Å². The lowest BCUT2D eigenvalue weighted by Gasteiger charge is -2.08. The van der Waals surface area contributed by atoms with Gasteiger partial charge < -0.3 is 10.7 Å². The third kappa shape index (κ3) is 2.55. The Kier molecular flexibility index (Phi) is 3.60. The molecule has 0 unspecified atom stereocenters. The number of aromatic nitrogens is 4. The maximum absolute atomic E-state index is 9.34. The number of hydrogen-bond acceptors (Lipinski definition) is 6. The molecule has 0 atom stereocenters. The molecular weight excluding hydrogens is 296 g/mol. The summed E-state index contributed by atoms with van der Waals surface area (Å²) in [6.07, 6.45) is 3.10. The summed E-state index contributed by atoms with van der Waals surface area (Å²) >= 11 is 5.23. The summed E-state index contributed by atoms with van der Waals surface area (Å²) in [4.78, 5) is 15.3. The Morgan fingerprint density at radius 3 is 2.41 bits per heavy atom. The van der Waals surface area contributed by atoms with Crippen molar-refractivity contribution in [3.8, 4) is 28.7 Å². The third-order valence-electron chi connectivity index (χ3n) is 3.04. The maximum Gasteiger partial charge on any atom is 0.219 e. The summed E-state index contributed by atoms with van der Waals surface area (Å²) in [5.41, 5.74) is 7.93. The van der Waals surface area contributed by atoms with E-state index in [1.807, 2.05) is 30.3 Å². The van der Waals surface area contributed by atoms with Crippen molar-refractivity contribution in [2.45, 2.75) is 0 Å². The Hall–Kier alpha value is -3.11. The van der Waals surface area contributed by atoms with Crippen LogP contribution in [0.1, 0.15) is 5.56 Å². The third-order valence-corrected chi connectivity index (χ3v) is 3.34. The fourth-order valence-corrected chi connectivity index (χ4v) is 2.23. The molecule has 3 aromatic rings. The van der Waals surface area contributed by atoms with Crippen LogP contribution in [0.3, 0.4) is 0 Å². The molecule has 6 nitrogen and oxygen atoms in total. The first-order valence-corrected chi connectivity index (χ1v) is 6.77. The van der Waals surface area contributed by atoms with Gasteiger partial charge in [0.2, 0.25) is 5.95 Å². The van der Waals surface area contributed by atoms with Crippen LogP contribution >= 0.6 is 12.2 Å². The molecule has 106 valence electrons. The number of H-pyrrole nitrogens is 1. The van der Waals surface area contributed by atoms with E-state index in [-0.39, 0.29) is 10.6 Å². The molecule has 0 radical (unpaired) electrons. The van der Waals surface area contributed by atoms with Crippen LogP contribution in [0.2, 0.25) is 0 Å². The van der Waals surface area contributed by atoms with E-state index in [2.05, 4.69) is 26.0 Å². The van der Waals surface area contributed by atoms with Gasteiger partial charge >= 0.3 is 0 Å². The fourth-order valence-electron chi connectivity index (χ4n) is 2.00. The number of anilines is 1. The Balaban J connectivity index is 2.24. The van der Waals surface area contributed by atoms with Crippen LogP contribution in [0.25, 0.3) is 22.6 Å². The van der Waals surface area contributed by atoms with Gasteiger partial charge in [0, 0.05) is 12.4 Å². The SMILES string of the molecule is N#Cc1c(-c2ccccc2)[nH]c(-c2cnc(N)nc2)nc1=S. The standard InChI is InChI=1S/C15H10N6S/c16-6-11-12(9-4-2-1-3-5-9)20-13(21-14(11)22)10-7-18-15(17)19-8-10/h1-5,7-8H,(H2,17,18,19)(H,20,21,22). The van der Waals surface area contributed by atoms with E-state index in [9.17, 15) is 5.26 Å². The van der Waals surface area contributed by atoms with Crippen molar-refractivity contribution in [3.05, 3.63) is 52.9 Å². The molecule has 1 aromatic carbocycles. The van der Waals surface area contributed by atoms with Crippen LogP contribution in [0, 0.1) is 16.0 Å². The summed E-state index contributed by atoms with van der Waals surface area (Å²) in [5.74, 6) is 0.669. The molecular formula is C15H10N6S. The van der Waals surface area contributed by atoms with Gasteiger partial charge in [0.05, 0.1) is 11.3 Å². The van der Waals surface area contributed by atoms with Gasteiger partial charge in [0.15, 0.2) is 0 Å². The molecule has 0 aliphatic carbocycles. The van der Waals surface area contributed by atoms with E-state index in [1.165, 1.54) is 0 Å². The first-order chi connectivity index (χ1) is 10.7. The van der Waals surface area contributed by atoms with Crippen LogP contribution in [-0.2, 0) is 0 Å². The molecule has 2 aromatic heterocycles. The zero-order valence-electron chi connectivity index (χ0n) is 11.3. The monoisotopic (exact) mass is 306 g/mol.